The van der Waals surface area contributed by atoms with Gasteiger partial charge in [-0.05, 0) is 18.2 Å². The lowest BCUT2D eigenvalue weighted by Gasteiger charge is -2.23. The van der Waals surface area contributed by atoms with Crippen LogP contribution >= 0.6 is 0 Å². The van der Waals surface area contributed by atoms with Gasteiger partial charge in [0.1, 0.15) is 12.1 Å². The Morgan fingerprint density at radius 3 is 2.62 bits per heavy atom. The number of aldehydes is 1. The zero-order chi connectivity index (χ0) is 15.6. The molecule has 0 unspecified atom stereocenters. The van der Waals surface area contributed by atoms with Crippen molar-refractivity contribution in [1.29, 1.82) is 0 Å². The van der Waals surface area contributed by atoms with Crippen molar-refractivity contribution >= 4 is 12.0 Å². The summed E-state index contributed by atoms with van der Waals surface area (Å²) in [4.78, 5) is 16.2. The first-order chi connectivity index (χ1) is 9.82. The lowest BCUT2D eigenvalue weighted by molar-refractivity contribution is -0.137. The van der Waals surface area contributed by atoms with E-state index in [2.05, 4.69) is 4.98 Å². The highest BCUT2D eigenvalue weighted by molar-refractivity contribution is 5.77. The highest BCUT2D eigenvalue weighted by Gasteiger charge is 2.34. The molecule has 0 aliphatic carbocycles. The lowest BCUT2D eigenvalue weighted by atomic mass is 10.1. The number of aromatic nitrogens is 2. The number of aryl methyl sites for hydroxylation is 1. The summed E-state index contributed by atoms with van der Waals surface area (Å²) in [6.07, 6.45) is -0.811. The van der Waals surface area contributed by atoms with E-state index in [0.717, 1.165) is 6.07 Å². The Labute approximate surface area is 119 Å². The van der Waals surface area contributed by atoms with Gasteiger partial charge in [0, 0.05) is 37.7 Å². The van der Waals surface area contributed by atoms with Crippen LogP contribution in [0, 0.1) is 0 Å². The molecule has 0 fully saturated rings. The van der Waals surface area contributed by atoms with Gasteiger partial charge >= 0.3 is 6.18 Å². The summed E-state index contributed by atoms with van der Waals surface area (Å²) in [5.41, 5.74) is -0.823. The Bertz CT molecular complexity index is 649. The second-order valence-electron chi connectivity index (χ2n) is 4.70. The number of anilines is 1. The normalized spacial score (nSPS) is 11.5. The van der Waals surface area contributed by atoms with Gasteiger partial charge in [0.15, 0.2) is 0 Å². The molecule has 0 bridgehead atoms. The second-order valence-corrected chi connectivity index (χ2v) is 4.70. The Kier molecular flexibility index (Phi) is 4.02. The van der Waals surface area contributed by atoms with Gasteiger partial charge in [-0.15, -0.1) is 0 Å². The highest BCUT2D eigenvalue weighted by atomic mass is 19.4. The van der Waals surface area contributed by atoms with Crippen LogP contribution in [0.25, 0.3) is 0 Å². The number of imidazole rings is 1. The van der Waals surface area contributed by atoms with Crippen LogP contribution < -0.4 is 4.90 Å². The summed E-state index contributed by atoms with van der Waals surface area (Å²) in [5.74, 6) is 0.644. The zero-order valence-electron chi connectivity index (χ0n) is 11.6. The monoisotopic (exact) mass is 297 g/mol. The molecule has 4 nitrogen and oxygen atoms in total. The maximum absolute atomic E-state index is 13.1. The molecule has 1 heterocycles. The Balaban J connectivity index is 2.38. The highest BCUT2D eigenvalue weighted by Crippen LogP contribution is 2.37. The number of carbonyl (C=O) groups excluding carboxylic acids is 1. The standard InChI is InChI=1S/C14H14F3N3O/c1-19-6-5-18-13(19)8-20(2)12-4-3-10(9-21)7-11(12)14(15,16)17/h3-7,9H,8H2,1-2H3. The molecule has 0 saturated heterocycles. The van der Waals surface area contributed by atoms with Crippen molar-refractivity contribution in [3.05, 3.63) is 47.5 Å². The van der Waals surface area contributed by atoms with Crippen molar-refractivity contribution in [1.82, 2.24) is 9.55 Å². The Morgan fingerprint density at radius 2 is 2.10 bits per heavy atom. The van der Waals surface area contributed by atoms with Gasteiger partial charge in [-0.3, -0.25) is 4.79 Å². The Morgan fingerprint density at radius 1 is 1.38 bits per heavy atom. The van der Waals surface area contributed by atoms with Crippen LogP contribution in [0.3, 0.4) is 0 Å². The molecule has 1 aromatic carbocycles. The summed E-state index contributed by atoms with van der Waals surface area (Å²) >= 11 is 0. The maximum Gasteiger partial charge on any atom is 0.418 e. The summed E-state index contributed by atoms with van der Waals surface area (Å²) in [6.45, 7) is 0.229. The van der Waals surface area contributed by atoms with Gasteiger partial charge in [-0.2, -0.15) is 13.2 Å². The molecular formula is C14H14F3N3O. The van der Waals surface area contributed by atoms with E-state index >= 15 is 0 Å². The van der Waals surface area contributed by atoms with E-state index in [-0.39, 0.29) is 17.8 Å². The van der Waals surface area contributed by atoms with Crippen molar-refractivity contribution in [3.8, 4) is 0 Å². The first kappa shape index (κ1) is 15.1. The van der Waals surface area contributed by atoms with Gasteiger partial charge in [0.25, 0.3) is 0 Å². The van der Waals surface area contributed by atoms with Crippen LogP contribution in [0.2, 0.25) is 0 Å². The number of hydrogen-bond donors (Lipinski definition) is 0. The molecule has 0 aliphatic rings. The molecular weight excluding hydrogens is 283 g/mol. The molecule has 0 radical (unpaired) electrons. The van der Waals surface area contributed by atoms with E-state index in [1.54, 1.807) is 31.1 Å². The molecule has 0 aliphatic heterocycles. The fraction of sp³-hybridized carbons (Fsp3) is 0.286. The molecule has 7 heteroatoms. The van der Waals surface area contributed by atoms with Gasteiger partial charge in [-0.25, -0.2) is 4.98 Å². The van der Waals surface area contributed by atoms with Crippen LogP contribution in [-0.2, 0) is 19.8 Å². The third-order valence-electron chi connectivity index (χ3n) is 3.17. The van der Waals surface area contributed by atoms with Crippen LogP contribution in [0.5, 0.6) is 0 Å². The summed E-state index contributed by atoms with van der Waals surface area (Å²) < 4.78 is 41.1. The molecule has 112 valence electrons. The molecule has 1 aromatic heterocycles. The predicted molar refractivity (Wildman–Crippen MR) is 72.1 cm³/mol. The minimum Gasteiger partial charge on any atom is -0.367 e. The average molecular weight is 297 g/mol. The molecule has 0 atom stereocenters. The zero-order valence-corrected chi connectivity index (χ0v) is 11.6. The summed E-state index contributed by atoms with van der Waals surface area (Å²) in [6, 6.07) is 3.53. The number of halogens is 3. The van der Waals surface area contributed by atoms with E-state index in [9.17, 15) is 18.0 Å². The number of alkyl halides is 3. The third-order valence-corrected chi connectivity index (χ3v) is 3.17. The van der Waals surface area contributed by atoms with E-state index in [4.69, 9.17) is 0 Å². The number of nitrogens with zero attached hydrogens (tertiary/aromatic N) is 3. The van der Waals surface area contributed by atoms with E-state index in [1.165, 1.54) is 17.0 Å². The van der Waals surface area contributed by atoms with E-state index in [0.29, 0.717) is 12.1 Å². The number of benzene rings is 1. The average Bonchev–Trinajstić information content (AvgIpc) is 2.82. The van der Waals surface area contributed by atoms with Crippen molar-refractivity contribution in [3.63, 3.8) is 0 Å². The van der Waals surface area contributed by atoms with Gasteiger partial charge in [-0.1, -0.05) is 0 Å². The van der Waals surface area contributed by atoms with Crippen molar-refractivity contribution in [2.75, 3.05) is 11.9 Å². The molecule has 0 amide bonds. The number of rotatable bonds is 4. The maximum atomic E-state index is 13.1. The predicted octanol–water partition coefficient (Wildman–Crippen LogP) is 2.89. The van der Waals surface area contributed by atoms with E-state index in [1.807, 2.05) is 0 Å². The molecule has 2 aromatic rings. The molecule has 21 heavy (non-hydrogen) atoms. The van der Waals surface area contributed by atoms with Crippen molar-refractivity contribution in [2.24, 2.45) is 7.05 Å². The van der Waals surface area contributed by atoms with Gasteiger partial charge < -0.3 is 9.47 Å². The molecule has 2 rings (SSSR count). The topological polar surface area (TPSA) is 38.1 Å². The second kappa shape index (κ2) is 5.59. The largest absolute Gasteiger partial charge is 0.418 e. The van der Waals surface area contributed by atoms with Crippen LogP contribution in [-0.4, -0.2) is 22.9 Å². The number of carbonyl (C=O) groups is 1. The van der Waals surface area contributed by atoms with Gasteiger partial charge in [0.05, 0.1) is 12.1 Å². The fourth-order valence-corrected chi connectivity index (χ4v) is 2.03. The first-order valence-corrected chi connectivity index (χ1v) is 6.16. The molecule has 0 saturated carbocycles. The third kappa shape index (κ3) is 3.24. The van der Waals surface area contributed by atoms with Crippen LogP contribution in [0.15, 0.2) is 30.6 Å². The smallest absolute Gasteiger partial charge is 0.367 e. The fourth-order valence-electron chi connectivity index (χ4n) is 2.03. The number of hydrogen-bond acceptors (Lipinski definition) is 3. The van der Waals surface area contributed by atoms with Crippen LogP contribution in [0.1, 0.15) is 21.7 Å². The van der Waals surface area contributed by atoms with Crippen molar-refractivity contribution < 1.29 is 18.0 Å². The molecule has 0 N–H and O–H groups in total. The minimum absolute atomic E-state index is 0.00327. The lowest BCUT2D eigenvalue weighted by Crippen LogP contribution is -2.22. The van der Waals surface area contributed by atoms with Crippen LogP contribution in [0.4, 0.5) is 18.9 Å². The Hall–Kier alpha value is -2.31. The van der Waals surface area contributed by atoms with Crippen molar-refractivity contribution in [2.45, 2.75) is 12.7 Å². The summed E-state index contributed by atoms with van der Waals surface area (Å²) in [7, 11) is 3.33. The summed E-state index contributed by atoms with van der Waals surface area (Å²) in [5, 5.41) is 0. The van der Waals surface area contributed by atoms with E-state index < -0.39 is 11.7 Å². The van der Waals surface area contributed by atoms with Gasteiger partial charge in [0.2, 0.25) is 0 Å². The first-order valence-electron chi connectivity index (χ1n) is 6.16. The SMILES string of the molecule is CN(Cc1nccn1C)c1ccc(C=O)cc1C(F)(F)F. The minimum atomic E-state index is -4.52. The molecule has 0 spiro atoms. The quantitative estimate of drug-likeness (QED) is 0.814.